The number of carbonyl (C=O) groups excluding carboxylic acids is 1. The highest BCUT2D eigenvalue weighted by atomic mass is 32.2. The molecule has 1 amide bonds. The number of rotatable bonds is 7. The third kappa shape index (κ3) is 4.83. The molecule has 32 heavy (non-hydrogen) atoms. The van der Waals surface area contributed by atoms with Gasteiger partial charge in [-0.15, -0.1) is 0 Å². The molecule has 1 unspecified atom stereocenters. The minimum Gasteiger partial charge on any atom is -0.489 e. The van der Waals surface area contributed by atoms with E-state index >= 15 is 0 Å². The molecule has 0 fully saturated rings. The first-order valence-electron chi connectivity index (χ1n) is 10.4. The van der Waals surface area contributed by atoms with Crippen LogP contribution in [-0.2, 0) is 4.79 Å². The first-order chi connectivity index (χ1) is 15.6. The van der Waals surface area contributed by atoms with Crippen molar-refractivity contribution in [1.82, 2.24) is 19.9 Å². The summed E-state index contributed by atoms with van der Waals surface area (Å²) >= 11 is 1.77. The van der Waals surface area contributed by atoms with Gasteiger partial charge >= 0.3 is 0 Å². The van der Waals surface area contributed by atoms with Gasteiger partial charge in [0.25, 0.3) is 0 Å². The molecule has 1 N–H and O–H groups in total. The summed E-state index contributed by atoms with van der Waals surface area (Å²) in [7, 11) is 0. The lowest BCUT2D eigenvalue weighted by Gasteiger charge is -2.31. The predicted molar refractivity (Wildman–Crippen MR) is 127 cm³/mol. The zero-order chi connectivity index (χ0) is 22.5. The van der Waals surface area contributed by atoms with Crippen LogP contribution < -0.4 is 15.0 Å². The highest BCUT2D eigenvalue weighted by molar-refractivity contribution is 7.98. The number of carbonyl (C=O) groups is 1. The van der Waals surface area contributed by atoms with Crippen molar-refractivity contribution in [2.75, 3.05) is 41.9 Å². The Morgan fingerprint density at radius 2 is 2.06 bits per heavy atom. The third-order valence-corrected chi connectivity index (χ3v) is 6.07. The number of nitrogens with zero attached hydrogens (tertiary/aromatic N) is 5. The smallest absolute Gasteiger partial charge is 0.224 e. The number of anilines is 2. The van der Waals surface area contributed by atoms with Gasteiger partial charge in [0.2, 0.25) is 5.91 Å². The number of hydrogen-bond donors (Lipinski definition) is 1. The van der Waals surface area contributed by atoms with Crippen LogP contribution >= 0.6 is 11.8 Å². The summed E-state index contributed by atoms with van der Waals surface area (Å²) < 4.78 is 6.03. The van der Waals surface area contributed by atoms with Crippen LogP contribution in [0.2, 0.25) is 0 Å². The van der Waals surface area contributed by atoms with Crippen molar-refractivity contribution in [1.29, 1.82) is 0 Å². The number of aryl methyl sites for hydroxylation is 1. The second kappa shape index (κ2) is 9.95. The Kier molecular flexibility index (Phi) is 6.84. The molecule has 0 saturated heterocycles. The quantitative estimate of drug-likeness (QED) is 0.584. The standard InChI is InChI=1S/C23H26N6O2S/c1-15-24-10-17(11-25-15)20-9-22(28-14-27-20)26-12-18(13-32-3)19-5-4-6-21-23(19)31-8-7-29(21)16(2)30/h4-6,9-11,14,18H,7-8,12-13H2,1-3H3,(H,26,27,28). The van der Waals surface area contributed by atoms with E-state index in [2.05, 4.69) is 37.6 Å². The van der Waals surface area contributed by atoms with Crippen molar-refractivity contribution in [3.05, 3.63) is 54.4 Å². The number of amides is 1. The Labute approximate surface area is 191 Å². The van der Waals surface area contributed by atoms with Gasteiger partial charge in [-0.3, -0.25) is 4.79 Å². The molecule has 9 heteroatoms. The first-order valence-corrected chi connectivity index (χ1v) is 11.8. The maximum atomic E-state index is 12.1. The van der Waals surface area contributed by atoms with Gasteiger partial charge < -0.3 is 15.0 Å². The molecular formula is C23H26N6O2S. The molecule has 4 rings (SSSR count). The normalized spacial score (nSPS) is 13.8. The second-order valence-electron chi connectivity index (χ2n) is 7.56. The number of nitrogens with one attached hydrogen (secondary N) is 1. The summed E-state index contributed by atoms with van der Waals surface area (Å²) in [6.07, 6.45) is 7.16. The molecule has 0 aliphatic carbocycles. The van der Waals surface area contributed by atoms with Gasteiger partial charge in [0, 0.05) is 54.7 Å². The van der Waals surface area contributed by atoms with Crippen molar-refractivity contribution in [2.24, 2.45) is 0 Å². The molecule has 2 aromatic heterocycles. The van der Waals surface area contributed by atoms with E-state index in [4.69, 9.17) is 4.74 Å². The molecule has 1 atom stereocenters. The van der Waals surface area contributed by atoms with Crippen LogP contribution in [0, 0.1) is 6.92 Å². The van der Waals surface area contributed by atoms with Crippen LogP contribution in [0.3, 0.4) is 0 Å². The number of hydrogen-bond acceptors (Lipinski definition) is 8. The van der Waals surface area contributed by atoms with E-state index in [0.717, 1.165) is 45.7 Å². The first kappa shape index (κ1) is 22.0. The van der Waals surface area contributed by atoms with E-state index in [9.17, 15) is 4.79 Å². The highest BCUT2D eigenvalue weighted by Gasteiger charge is 2.26. The Morgan fingerprint density at radius 3 is 2.81 bits per heavy atom. The minimum atomic E-state index is 0.0276. The number of ether oxygens (including phenoxy) is 1. The van der Waals surface area contributed by atoms with E-state index < -0.39 is 0 Å². The molecule has 0 saturated carbocycles. The zero-order valence-electron chi connectivity index (χ0n) is 18.4. The van der Waals surface area contributed by atoms with Crippen molar-refractivity contribution >= 4 is 29.2 Å². The summed E-state index contributed by atoms with van der Waals surface area (Å²) in [4.78, 5) is 31.1. The molecule has 8 nitrogen and oxygen atoms in total. The molecule has 1 aliphatic rings. The van der Waals surface area contributed by atoms with Gasteiger partial charge in [-0.1, -0.05) is 12.1 Å². The largest absolute Gasteiger partial charge is 0.489 e. The lowest BCUT2D eigenvalue weighted by Crippen LogP contribution is -2.37. The van der Waals surface area contributed by atoms with Crippen LogP contribution in [0.25, 0.3) is 11.3 Å². The summed E-state index contributed by atoms with van der Waals surface area (Å²) in [6.45, 7) is 5.18. The van der Waals surface area contributed by atoms with Crippen molar-refractivity contribution < 1.29 is 9.53 Å². The van der Waals surface area contributed by atoms with Gasteiger partial charge in [0.15, 0.2) is 0 Å². The second-order valence-corrected chi connectivity index (χ2v) is 8.47. The Hall–Kier alpha value is -3.20. The molecule has 3 aromatic rings. The molecule has 166 valence electrons. The fraction of sp³-hybridized carbons (Fsp3) is 0.348. The van der Waals surface area contributed by atoms with E-state index in [1.807, 2.05) is 25.1 Å². The maximum absolute atomic E-state index is 12.1. The average molecular weight is 451 g/mol. The number of aromatic nitrogens is 4. The van der Waals surface area contributed by atoms with Gasteiger partial charge in [0.05, 0.1) is 17.9 Å². The molecular weight excluding hydrogens is 424 g/mol. The zero-order valence-corrected chi connectivity index (χ0v) is 19.2. The molecule has 1 aliphatic heterocycles. The summed E-state index contributed by atoms with van der Waals surface area (Å²) in [5.74, 6) is 3.36. The Balaban J connectivity index is 1.56. The highest BCUT2D eigenvalue weighted by Crippen LogP contribution is 2.39. The maximum Gasteiger partial charge on any atom is 0.224 e. The fourth-order valence-corrected chi connectivity index (χ4v) is 4.44. The van der Waals surface area contributed by atoms with Crippen LogP contribution in [-0.4, -0.2) is 57.5 Å². The number of para-hydroxylation sites is 1. The third-order valence-electron chi connectivity index (χ3n) is 5.34. The number of benzene rings is 1. The molecule has 3 heterocycles. The average Bonchev–Trinajstić information content (AvgIpc) is 2.81. The van der Waals surface area contributed by atoms with Crippen molar-refractivity contribution in [3.63, 3.8) is 0 Å². The fourth-order valence-electron chi connectivity index (χ4n) is 3.74. The van der Waals surface area contributed by atoms with E-state index in [-0.39, 0.29) is 11.8 Å². The van der Waals surface area contributed by atoms with E-state index in [1.165, 1.54) is 0 Å². The van der Waals surface area contributed by atoms with E-state index in [1.54, 1.807) is 42.3 Å². The Bertz CT molecular complexity index is 1090. The van der Waals surface area contributed by atoms with Gasteiger partial charge in [-0.2, -0.15) is 11.8 Å². The lowest BCUT2D eigenvalue weighted by atomic mass is 9.98. The van der Waals surface area contributed by atoms with Crippen molar-refractivity contribution in [2.45, 2.75) is 19.8 Å². The van der Waals surface area contributed by atoms with Crippen LogP contribution in [0.1, 0.15) is 24.2 Å². The summed E-state index contributed by atoms with van der Waals surface area (Å²) in [5, 5.41) is 3.45. The van der Waals surface area contributed by atoms with Crippen LogP contribution in [0.5, 0.6) is 5.75 Å². The topological polar surface area (TPSA) is 93.1 Å². The van der Waals surface area contributed by atoms with E-state index in [0.29, 0.717) is 19.7 Å². The van der Waals surface area contributed by atoms with Gasteiger partial charge in [-0.05, 0) is 19.2 Å². The molecule has 0 spiro atoms. The molecule has 1 aromatic carbocycles. The Morgan fingerprint density at radius 1 is 1.25 bits per heavy atom. The number of thioether (sulfide) groups is 1. The monoisotopic (exact) mass is 450 g/mol. The lowest BCUT2D eigenvalue weighted by molar-refractivity contribution is -0.116. The summed E-state index contributed by atoms with van der Waals surface area (Å²) in [6, 6.07) is 7.92. The number of fused-ring (bicyclic) bond motifs is 1. The predicted octanol–water partition coefficient (Wildman–Crippen LogP) is 3.55. The minimum absolute atomic E-state index is 0.0276. The van der Waals surface area contributed by atoms with Crippen LogP contribution in [0.4, 0.5) is 11.5 Å². The molecule has 0 bridgehead atoms. The van der Waals surface area contributed by atoms with Gasteiger partial charge in [0.1, 0.15) is 30.3 Å². The van der Waals surface area contributed by atoms with Crippen LogP contribution in [0.15, 0.2) is 43.0 Å². The molecule has 0 radical (unpaired) electrons. The van der Waals surface area contributed by atoms with Gasteiger partial charge in [-0.25, -0.2) is 19.9 Å². The van der Waals surface area contributed by atoms with Crippen molar-refractivity contribution in [3.8, 4) is 17.0 Å². The SMILES string of the molecule is CSCC(CNc1cc(-c2cnc(C)nc2)ncn1)c1cccc2c1OCCN2C(C)=O. The summed E-state index contributed by atoms with van der Waals surface area (Å²) in [5.41, 5.74) is 3.55.